The number of pyridine rings is 1. The van der Waals surface area contributed by atoms with E-state index in [4.69, 9.17) is 4.99 Å². The molecule has 6 rings (SSSR count). The van der Waals surface area contributed by atoms with Crippen molar-refractivity contribution in [1.29, 1.82) is 0 Å². The number of hydrogen-bond donors (Lipinski definition) is 2. The Morgan fingerprint density at radius 3 is 2.46 bits per heavy atom. The maximum absolute atomic E-state index is 14.2. The molecule has 0 spiro atoms. The van der Waals surface area contributed by atoms with Gasteiger partial charge in [-0.1, -0.05) is 0 Å². The van der Waals surface area contributed by atoms with Gasteiger partial charge in [-0.05, 0) is 75.6 Å². The molecule has 0 aliphatic carbocycles. The van der Waals surface area contributed by atoms with Gasteiger partial charge >= 0.3 is 0 Å². The van der Waals surface area contributed by atoms with Crippen LogP contribution in [0, 0.1) is 23.3 Å². The fourth-order valence-electron chi connectivity index (χ4n) is 6.08. The molecule has 4 heterocycles. The molecule has 3 aliphatic rings. The van der Waals surface area contributed by atoms with Crippen molar-refractivity contribution in [2.75, 3.05) is 25.5 Å². The number of benzene rings is 2. The summed E-state index contributed by atoms with van der Waals surface area (Å²) in [6.45, 7) is 4.03. The third-order valence-corrected chi connectivity index (χ3v) is 8.24. The summed E-state index contributed by atoms with van der Waals surface area (Å²) in [6, 6.07) is 5.07. The molecular weight excluding hydrogens is 538 g/mol. The quantitative estimate of drug-likeness (QED) is 0.334. The van der Waals surface area contributed by atoms with Crippen molar-refractivity contribution in [2.24, 2.45) is 4.99 Å². The van der Waals surface area contributed by atoms with Crippen LogP contribution < -0.4 is 10.9 Å². The van der Waals surface area contributed by atoms with E-state index in [9.17, 15) is 27.2 Å². The molecule has 7 nitrogen and oxygen atoms in total. The molecule has 3 aromatic rings. The number of nitrogens with one attached hydrogen (secondary N) is 2. The van der Waals surface area contributed by atoms with E-state index in [1.807, 2.05) is 17.0 Å². The Kier molecular flexibility index (Phi) is 6.93. The Bertz CT molecular complexity index is 1620. The lowest BCUT2D eigenvalue weighted by Gasteiger charge is -2.34. The summed E-state index contributed by atoms with van der Waals surface area (Å²) in [5, 5.41) is 3.05. The highest BCUT2D eigenvalue weighted by molar-refractivity contribution is 6.10. The van der Waals surface area contributed by atoms with Crippen LogP contribution in [0.25, 0.3) is 0 Å². The van der Waals surface area contributed by atoms with Crippen LogP contribution in [-0.2, 0) is 19.4 Å². The Morgan fingerprint density at radius 2 is 1.76 bits per heavy atom. The normalized spacial score (nSPS) is 18.0. The number of carbonyl (C=O) groups excluding carboxylic acids is 1. The average molecular weight is 568 g/mol. The maximum atomic E-state index is 14.2. The van der Waals surface area contributed by atoms with Gasteiger partial charge in [0.05, 0.1) is 22.6 Å². The monoisotopic (exact) mass is 567 g/mol. The second-order valence-electron chi connectivity index (χ2n) is 11.1. The summed E-state index contributed by atoms with van der Waals surface area (Å²) < 4.78 is 55.9. The first-order valence-corrected chi connectivity index (χ1v) is 13.6. The van der Waals surface area contributed by atoms with Gasteiger partial charge in [-0.3, -0.25) is 14.6 Å². The Morgan fingerprint density at radius 1 is 1.05 bits per heavy atom. The predicted octanol–water partition coefficient (Wildman–Crippen LogP) is 4.70. The molecule has 214 valence electrons. The van der Waals surface area contributed by atoms with Gasteiger partial charge in [0.15, 0.2) is 23.3 Å². The highest BCUT2D eigenvalue weighted by atomic mass is 19.2. The minimum atomic E-state index is -1.47. The Balaban J connectivity index is 1.24. The van der Waals surface area contributed by atoms with Crippen molar-refractivity contribution in [3.8, 4) is 0 Å². The molecular formula is C30H29F4N5O2. The standard InChI is InChI=1S/C30H29F4N5O2/c1-15(9-20-27(33)21(31)13-22(32)28(20)34)36-23-3-6-35-29(40)26(23)25-11-16-10-19-17(12-24(16)37-25)14-39(30(19)41)18-4-7-38(2)8-5-18/h3,6,10,12-13,15,18H,4-5,7-9,11,14H2,1-2H3,(H2,35,36,40)/t15-/m0/s1. The Labute approximate surface area is 233 Å². The first-order chi connectivity index (χ1) is 19.6. The number of nitrogens with zero attached hydrogens (tertiary/aromatic N) is 3. The molecule has 41 heavy (non-hydrogen) atoms. The van der Waals surface area contributed by atoms with Gasteiger partial charge < -0.3 is 20.1 Å². The van der Waals surface area contributed by atoms with Gasteiger partial charge in [0.25, 0.3) is 11.5 Å². The van der Waals surface area contributed by atoms with E-state index in [1.165, 1.54) is 6.20 Å². The maximum Gasteiger partial charge on any atom is 0.259 e. The molecule has 0 unspecified atom stereocenters. The van der Waals surface area contributed by atoms with Crippen molar-refractivity contribution in [3.63, 3.8) is 0 Å². The smallest absolute Gasteiger partial charge is 0.259 e. The van der Waals surface area contributed by atoms with Crippen molar-refractivity contribution in [1.82, 2.24) is 14.8 Å². The third-order valence-electron chi connectivity index (χ3n) is 8.24. The zero-order valence-corrected chi connectivity index (χ0v) is 22.7. The molecule has 2 aromatic carbocycles. The van der Waals surface area contributed by atoms with Gasteiger partial charge in [0.1, 0.15) is 0 Å². The second-order valence-corrected chi connectivity index (χ2v) is 11.1. The first kappa shape index (κ1) is 27.2. The number of anilines is 1. The van der Waals surface area contributed by atoms with E-state index in [0.717, 1.165) is 37.1 Å². The number of carbonyl (C=O) groups is 1. The molecule has 1 aromatic heterocycles. The summed E-state index contributed by atoms with van der Waals surface area (Å²) in [4.78, 5) is 37.9. The van der Waals surface area contributed by atoms with Crippen LogP contribution in [0.15, 0.2) is 40.2 Å². The van der Waals surface area contributed by atoms with Crippen LogP contribution in [0.5, 0.6) is 0 Å². The molecule has 2 N–H and O–H groups in total. The molecule has 1 atom stereocenters. The topological polar surface area (TPSA) is 80.8 Å². The van der Waals surface area contributed by atoms with Crippen molar-refractivity contribution >= 4 is 23.0 Å². The molecule has 0 radical (unpaired) electrons. The van der Waals surface area contributed by atoms with Crippen molar-refractivity contribution in [2.45, 2.75) is 51.2 Å². The van der Waals surface area contributed by atoms with Crippen LogP contribution >= 0.6 is 0 Å². The summed E-state index contributed by atoms with van der Waals surface area (Å²) in [5.74, 6) is -5.82. The van der Waals surface area contributed by atoms with Crippen LogP contribution in [0.2, 0.25) is 0 Å². The van der Waals surface area contributed by atoms with E-state index in [-0.39, 0.29) is 30.0 Å². The van der Waals surface area contributed by atoms with E-state index in [0.29, 0.717) is 35.6 Å². The molecule has 1 amide bonds. The summed E-state index contributed by atoms with van der Waals surface area (Å²) in [6.07, 6.45) is 3.26. The van der Waals surface area contributed by atoms with E-state index in [2.05, 4.69) is 22.2 Å². The zero-order chi connectivity index (χ0) is 29.0. The number of hydrogen-bond acceptors (Lipinski definition) is 5. The largest absolute Gasteiger partial charge is 0.382 e. The Hall–Kier alpha value is -3.99. The van der Waals surface area contributed by atoms with Gasteiger partial charge in [-0.2, -0.15) is 0 Å². The summed E-state index contributed by atoms with van der Waals surface area (Å²) >= 11 is 0. The average Bonchev–Trinajstić information content (AvgIpc) is 3.49. The second kappa shape index (κ2) is 10.4. The van der Waals surface area contributed by atoms with E-state index in [1.54, 1.807) is 13.0 Å². The van der Waals surface area contributed by atoms with Crippen LogP contribution in [0.1, 0.15) is 52.4 Å². The number of aromatic amines is 1. The lowest BCUT2D eigenvalue weighted by Crippen LogP contribution is -2.43. The van der Waals surface area contributed by atoms with Crippen molar-refractivity contribution < 1.29 is 22.4 Å². The lowest BCUT2D eigenvalue weighted by molar-refractivity contribution is 0.0617. The molecule has 11 heteroatoms. The van der Waals surface area contributed by atoms with Gasteiger partial charge in [-0.25, -0.2) is 17.6 Å². The summed E-state index contributed by atoms with van der Waals surface area (Å²) in [7, 11) is 2.08. The molecule has 3 aliphatic heterocycles. The number of rotatable bonds is 6. The number of halogens is 4. The number of H-pyrrole nitrogens is 1. The van der Waals surface area contributed by atoms with E-state index < -0.39 is 40.4 Å². The number of piperidine rings is 1. The zero-order valence-electron chi connectivity index (χ0n) is 22.7. The SMILES string of the molecule is C[C@@H](Cc1c(F)c(F)cc(F)c1F)Nc1cc[nH]c(=O)c1C1=Nc2cc3c(cc2C1)C(=O)N(C1CCN(C)CC1)C3. The summed E-state index contributed by atoms with van der Waals surface area (Å²) in [5.41, 5.74) is 3.07. The minimum Gasteiger partial charge on any atom is -0.382 e. The molecule has 0 saturated carbocycles. The number of aliphatic imine (C=N–C) groups is 1. The first-order valence-electron chi connectivity index (χ1n) is 13.6. The van der Waals surface area contributed by atoms with Gasteiger partial charge in [0, 0.05) is 48.4 Å². The molecule has 1 saturated heterocycles. The molecule has 0 bridgehead atoms. The lowest BCUT2D eigenvalue weighted by atomic mass is 9.99. The van der Waals surface area contributed by atoms with Gasteiger partial charge in [0.2, 0.25) is 0 Å². The van der Waals surface area contributed by atoms with Crippen LogP contribution in [0.3, 0.4) is 0 Å². The van der Waals surface area contributed by atoms with Crippen molar-refractivity contribution in [3.05, 3.63) is 91.9 Å². The number of likely N-dealkylation sites (tertiary alicyclic amines) is 1. The highest BCUT2D eigenvalue weighted by Gasteiger charge is 2.36. The molecule has 1 fully saturated rings. The third kappa shape index (κ3) is 4.92. The van der Waals surface area contributed by atoms with Gasteiger partial charge in [-0.15, -0.1) is 0 Å². The number of aromatic nitrogens is 1. The highest BCUT2D eigenvalue weighted by Crippen LogP contribution is 2.37. The predicted molar refractivity (Wildman–Crippen MR) is 147 cm³/mol. The minimum absolute atomic E-state index is 0.0211. The fourth-order valence-corrected chi connectivity index (χ4v) is 6.08. The van der Waals surface area contributed by atoms with Crippen LogP contribution in [-0.4, -0.2) is 58.6 Å². The van der Waals surface area contributed by atoms with Crippen LogP contribution in [0.4, 0.5) is 28.9 Å². The van der Waals surface area contributed by atoms with E-state index >= 15 is 0 Å². The fraction of sp³-hybridized carbons (Fsp3) is 0.367. The number of amides is 1. The number of fused-ring (bicyclic) bond motifs is 2.